The van der Waals surface area contributed by atoms with E-state index in [1.165, 1.54) is 0 Å². The Morgan fingerprint density at radius 3 is 2.79 bits per heavy atom. The third-order valence-corrected chi connectivity index (χ3v) is 4.60. The van der Waals surface area contributed by atoms with Crippen molar-refractivity contribution in [2.75, 3.05) is 12.4 Å². The van der Waals surface area contributed by atoms with Gasteiger partial charge in [-0.15, -0.1) is 0 Å². The molecule has 0 radical (unpaired) electrons. The maximum absolute atomic E-state index is 12.3. The van der Waals surface area contributed by atoms with Gasteiger partial charge in [-0.2, -0.15) is 0 Å². The number of anilines is 1. The van der Waals surface area contributed by atoms with Gasteiger partial charge in [-0.25, -0.2) is 0 Å². The van der Waals surface area contributed by atoms with Gasteiger partial charge in [0.15, 0.2) is 0 Å². The van der Waals surface area contributed by atoms with Gasteiger partial charge in [0.1, 0.15) is 10.9 Å². The van der Waals surface area contributed by atoms with Crippen molar-refractivity contribution in [1.82, 2.24) is 4.98 Å². The molecular weight excluding hydrogens is 324 g/mol. The number of nitrogens with one attached hydrogen (secondary N) is 2. The molecule has 4 nitrogen and oxygen atoms in total. The average molecular weight is 339 g/mol. The lowest BCUT2D eigenvalue weighted by atomic mass is 10.0. The average Bonchev–Trinajstić information content (AvgIpc) is 3.04. The molecule has 2 aromatic carbocycles. The number of H-pyrrole nitrogens is 1. The minimum Gasteiger partial charge on any atom is -0.496 e. The van der Waals surface area contributed by atoms with Crippen LogP contribution in [0.1, 0.15) is 16.7 Å². The largest absolute Gasteiger partial charge is 0.496 e. The van der Waals surface area contributed by atoms with E-state index in [1.54, 1.807) is 7.11 Å². The van der Waals surface area contributed by atoms with Gasteiger partial charge >= 0.3 is 0 Å². The molecule has 3 aromatic rings. The van der Waals surface area contributed by atoms with Gasteiger partial charge in [-0.1, -0.05) is 29.8 Å². The number of aromatic nitrogens is 1. The van der Waals surface area contributed by atoms with Gasteiger partial charge in [0.2, 0.25) is 0 Å². The molecule has 0 aliphatic carbocycles. The highest BCUT2D eigenvalue weighted by Gasteiger charge is 2.24. The van der Waals surface area contributed by atoms with E-state index in [4.69, 9.17) is 16.3 Å². The number of methoxy groups -OCH3 is 1. The molecule has 2 heterocycles. The second-order valence-corrected chi connectivity index (χ2v) is 6.16. The van der Waals surface area contributed by atoms with Crippen molar-refractivity contribution >= 4 is 45.7 Å². The van der Waals surface area contributed by atoms with Gasteiger partial charge < -0.3 is 15.0 Å². The summed E-state index contributed by atoms with van der Waals surface area (Å²) in [5.41, 5.74) is 5.02. The van der Waals surface area contributed by atoms with Crippen LogP contribution in [0.4, 0.5) is 5.69 Å². The van der Waals surface area contributed by atoms with Gasteiger partial charge in [0.25, 0.3) is 5.91 Å². The number of fused-ring (bicyclic) bond motifs is 2. The lowest BCUT2D eigenvalue weighted by molar-refractivity contribution is -0.110. The number of carbonyl (C=O) groups is 1. The Balaban J connectivity index is 1.94. The maximum atomic E-state index is 12.3. The van der Waals surface area contributed by atoms with E-state index < -0.39 is 0 Å². The van der Waals surface area contributed by atoms with Crippen LogP contribution in [0, 0.1) is 6.92 Å². The van der Waals surface area contributed by atoms with Crippen molar-refractivity contribution in [2.45, 2.75) is 6.92 Å². The number of halogens is 1. The molecule has 1 amide bonds. The molecule has 24 heavy (non-hydrogen) atoms. The van der Waals surface area contributed by atoms with E-state index in [1.807, 2.05) is 49.4 Å². The summed E-state index contributed by atoms with van der Waals surface area (Å²) >= 11 is 6.40. The number of amides is 1. The SMILES string of the molecule is COc1cc2c(/C=C3/C(=O)Nc4ccccc43)c(Cl)[nH]c2cc1C. The third-order valence-electron chi connectivity index (χ3n) is 4.30. The molecule has 1 aromatic heterocycles. The molecule has 1 aliphatic heterocycles. The summed E-state index contributed by atoms with van der Waals surface area (Å²) in [5.74, 6) is 0.662. The Bertz CT molecular complexity index is 1020. The zero-order valence-corrected chi connectivity index (χ0v) is 14.0. The summed E-state index contributed by atoms with van der Waals surface area (Å²) in [5, 5.41) is 4.30. The molecule has 4 rings (SSSR count). The standard InChI is InChI=1S/C19H15ClN2O2/c1-10-7-16-12(9-17(10)24-2)13(18(20)21-16)8-14-11-5-3-4-6-15(11)22-19(14)23/h3-9,21H,1-2H3,(H,22,23)/b14-8+. The zero-order valence-electron chi connectivity index (χ0n) is 13.2. The van der Waals surface area contributed by atoms with Crippen LogP contribution < -0.4 is 10.1 Å². The molecule has 120 valence electrons. The molecule has 0 spiro atoms. The molecule has 0 saturated carbocycles. The van der Waals surface area contributed by atoms with Crippen molar-refractivity contribution < 1.29 is 9.53 Å². The summed E-state index contributed by atoms with van der Waals surface area (Å²) in [4.78, 5) is 15.5. The van der Waals surface area contributed by atoms with Crippen molar-refractivity contribution in [1.29, 1.82) is 0 Å². The highest BCUT2D eigenvalue weighted by atomic mass is 35.5. The minimum absolute atomic E-state index is 0.124. The zero-order chi connectivity index (χ0) is 16.8. The van der Waals surface area contributed by atoms with Crippen molar-refractivity contribution in [3.8, 4) is 5.75 Å². The monoisotopic (exact) mass is 338 g/mol. The van der Waals surface area contributed by atoms with Crippen molar-refractivity contribution in [3.63, 3.8) is 0 Å². The highest BCUT2D eigenvalue weighted by molar-refractivity contribution is 6.38. The summed E-state index contributed by atoms with van der Waals surface area (Å²) < 4.78 is 5.41. The Hall–Kier alpha value is -2.72. The first-order valence-corrected chi connectivity index (χ1v) is 7.94. The predicted octanol–water partition coefficient (Wildman–Crippen LogP) is 4.63. The second-order valence-electron chi connectivity index (χ2n) is 5.78. The summed E-state index contributed by atoms with van der Waals surface area (Å²) in [6.45, 7) is 1.98. The van der Waals surface area contributed by atoms with Gasteiger partial charge in [0, 0.05) is 33.3 Å². The quantitative estimate of drug-likeness (QED) is 0.669. The Morgan fingerprint density at radius 2 is 2.00 bits per heavy atom. The molecule has 0 bridgehead atoms. The summed E-state index contributed by atoms with van der Waals surface area (Å²) in [6.07, 6.45) is 1.83. The second kappa shape index (κ2) is 5.42. The number of hydrogen-bond acceptors (Lipinski definition) is 2. The van der Waals surface area contributed by atoms with E-state index in [0.29, 0.717) is 10.7 Å². The normalized spacial score (nSPS) is 15.0. The Labute approximate surface area is 144 Å². The number of aromatic amines is 1. The molecule has 0 unspecified atom stereocenters. The van der Waals surface area contributed by atoms with Gasteiger partial charge in [-0.05, 0) is 36.8 Å². The van der Waals surface area contributed by atoms with Gasteiger partial charge in [-0.3, -0.25) is 4.79 Å². The third kappa shape index (κ3) is 2.19. The first-order chi connectivity index (χ1) is 11.6. The van der Waals surface area contributed by atoms with Crippen LogP contribution in [0.25, 0.3) is 22.6 Å². The molecule has 0 saturated heterocycles. The van der Waals surface area contributed by atoms with Crippen LogP contribution in [-0.2, 0) is 4.79 Å². The van der Waals surface area contributed by atoms with E-state index in [0.717, 1.165) is 39.0 Å². The minimum atomic E-state index is -0.124. The van der Waals surface area contributed by atoms with E-state index in [9.17, 15) is 4.79 Å². The first-order valence-electron chi connectivity index (χ1n) is 7.56. The Kier molecular flexibility index (Phi) is 3.36. The fourth-order valence-corrected chi connectivity index (χ4v) is 3.36. The number of carbonyl (C=O) groups excluding carboxylic acids is 1. The van der Waals surface area contributed by atoms with Crippen LogP contribution in [0.2, 0.25) is 5.15 Å². The van der Waals surface area contributed by atoms with Gasteiger partial charge in [0.05, 0.1) is 7.11 Å². The molecule has 5 heteroatoms. The van der Waals surface area contributed by atoms with Crippen LogP contribution in [0.5, 0.6) is 5.75 Å². The lowest BCUT2D eigenvalue weighted by Crippen LogP contribution is -2.03. The van der Waals surface area contributed by atoms with E-state index in [2.05, 4.69) is 10.3 Å². The predicted molar refractivity (Wildman–Crippen MR) is 97.5 cm³/mol. The number of hydrogen-bond donors (Lipinski definition) is 2. The molecule has 2 N–H and O–H groups in total. The molecule has 1 aliphatic rings. The molecule has 0 atom stereocenters. The Morgan fingerprint density at radius 1 is 1.21 bits per heavy atom. The number of rotatable bonds is 2. The number of para-hydroxylation sites is 1. The molecular formula is C19H15ClN2O2. The van der Waals surface area contributed by atoms with Crippen LogP contribution >= 0.6 is 11.6 Å². The first kappa shape index (κ1) is 14.8. The van der Waals surface area contributed by atoms with Crippen LogP contribution in [0.3, 0.4) is 0 Å². The number of ether oxygens (including phenoxy) is 1. The van der Waals surface area contributed by atoms with Crippen LogP contribution in [0.15, 0.2) is 36.4 Å². The van der Waals surface area contributed by atoms with Crippen molar-refractivity contribution in [2.24, 2.45) is 0 Å². The smallest absolute Gasteiger partial charge is 0.256 e. The molecule has 0 fully saturated rings. The fraction of sp³-hybridized carbons (Fsp3) is 0.105. The summed E-state index contributed by atoms with van der Waals surface area (Å²) in [7, 11) is 1.64. The van der Waals surface area contributed by atoms with E-state index in [-0.39, 0.29) is 5.91 Å². The number of aryl methyl sites for hydroxylation is 1. The lowest BCUT2D eigenvalue weighted by Gasteiger charge is -2.05. The summed E-state index contributed by atoms with van der Waals surface area (Å²) in [6, 6.07) is 11.6. The topological polar surface area (TPSA) is 54.1 Å². The highest BCUT2D eigenvalue weighted by Crippen LogP contribution is 2.37. The number of benzene rings is 2. The fourth-order valence-electron chi connectivity index (χ4n) is 3.11. The van der Waals surface area contributed by atoms with E-state index >= 15 is 0 Å². The maximum Gasteiger partial charge on any atom is 0.256 e. The van der Waals surface area contributed by atoms with Crippen LogP contribution in [-0.4, -0.2) is 18.0 Å². The van der Waals surface area contributed by atoms with Crippen molar-refractivity contribution in [3.05, 3.63) is 58.2 Å².